The third-order valence-electron chi connectivity index (χ3n) is 4.14. The molecule has 4 rings (SSSR count). The summed E-state index contributed by atoms with van der Waals surface area (Å²) < 4.78 is 10.9. The minimum Gasteiger partial charge on any atom is -0.507 e. The normalized spacial score (nSPS) is 13.1. The van der Waals surface area contributed by atoms with Crippen molar-refractivity contribution in [1.82, 2.24) is 0 Å². The van der Waals surface area contributed by atoms with Crippen LogP contribution in [0.1, 0.15) is 23.0 Å². The summed E-state index contributed by atoms with van der Waals surface area (Å²) in [6.07, 6.45) is 1.45. The smallest absolute Gasteiger partial charge is 0.236 e. The van der Waals surface area contributed by atoms with Crippen LogP contribution < -0.4 is 10.1 Å². The highest BCUT2D eigenvalue weighted by Gasteiger charge is 2.28. The lowest BCUT2D eigenvalue weighted by Gasteiger charge is -2.24. The molecule has 0 aliphatic carbocycles. The maximum absolute atomic E-state index is 13.1. The number of carbonyl (C=O) groups excluding carboxylic acids is 1. The van der Waals surface area contributed by atoms with Gasteiger partial charge < -0.3 is 19.6 Å². The fourth-order valence-electron chi connectivity index (χ4n) is 2.88. The van der Waals surface area contributed by atoms with Gasteiger partial charge in [0.05, 0.1) is 29.2 Å². The van der Waals surface area contributed by atoms with Gasteiger partial charge in [-0.1, -0.05) is 23.4 Å². The predicted molar refractivity (Wildman–Crippen MR) is 110 cm³/mol. The van der Waals surface area contributed by atoms with Gasteiger partial charge in [0.15, 0.2) is 5.76 Å². The predicted octanol–water partition coefficient (Wildman–Crippen LogP) is 5.81. The number of fused-ring (bicyclic) bond motifs is 1. The molecule has 7 heteroatoms. The molecule has 1 aliphatic heterocycles. The molecule has 0 saturated carbocycles. The zero-order chi connectivity index (χ0) is 19.7. The monoisotopic (exact) mass is 413 g/mol. The molecule has 0 radical (unpaired) electrons. The first kappa shape index (κ1) is 18.5. The first-order valence-corrected chi connectivity index (χ1v) is 9.79. The lowest BCUT2D eigenvalue weighted by atomic mass is 10.1. The molecule has 0 atom stereocenters. The number of thioether (sulfide) groups is 1. The minimum absolute atomic E-state index is 0.0200. The number of carbonyl (C=O) groups is 1. The van der Waals surface area contributed by atoms with Crippen LogP contribution in [0, 0.1) is 0 Å². The molecule has 0 unspecified atom stereocenters. The topological polar surface area (TPSA) is 71.7 Å². The Labute approximate surface area is 171 Å². The Balaban J connectivity index is 1.85. The quantitative estimate of drug-likeness (QED) is 0.514. The summed E-state index contributed by atoms with van der Waals surface area (Å²) in [5, 5.41) is 14.1. The van der Waals surface area contributed by atoms with Gasteiger partial charge in [-0.3, -0.25) is 4.79 Å². The Morgan fingerprint density at radius 2 is 2.11 bits per heavy atom. The van der Waals surface area contributed by atoms with Crippen molar-refractivity contribution in [3.8, 4) is 11.5 Å². The van der Waals surface area contributed by atoms with Gasteiger partial charge in [-0.05, 0) is 55.5 Å². The van der Waals surface area contributed by atoms with E-state index in [1.807, 2.05) is 25.1 Å². The molecule has 0 bridgehead atoms. The molecule has 142 valence electrons. The van der Waals surface area contributed by atoms with Crippen molar-refractivity contribution in [3.63, 3.8) is 0 Å². The van der Waals surface area contributed by atoms with Gasteiger partial charge in [-0.2, -0.15) is 0 Å². The van der Waals surface area contributed by atoms with Crippen LogP contribution >= 0.6 is 23.4 Å². The van der Waals surface area contributed by atoms with E-state index in [0.717, 1.165) is 16.3 Å². The van der Waals surface area contributed by atoms with Crippen molar-refractivity contribution >= 4 is 40.5 Å². The number of benzene rings is 2. The van der Waals surface area contributed by atoms with Crippen molar-refractivity contribution in [2.75, 3.05) is 11.9 Å². The van der Waals surface area contributed by atoms with Crippen molar-refractivity contribution in [3.05, 3.63) is 76.0 Å². The zero-order valence-corrected chi connectivity index (χ0v) is 16.4. The van der Waals surface area contributed by atoms with Crippen LogP contribution in [0.15, 0.2) is 69.0 Å². The number of hydrogen-bond donors (Lipinski definition) is 2. The zero-order valence-electron chi connectivity index (χ0n) is 14.9. The van der Waals surface area contributed by atoms with E-state index in [1.54, 1.807) is 24.3 Å². The molecular weight excluding hydrogens is 398 g/mol. The van der Waals surface area contributed by atoms with E-state index in [-0.39, 0.29) is 17.3 Å². The fraction of sp³-hybridized carbons (Fsp3) is 0.0952. The van der Waals surface area contributed by atoms with Crippen LogP contribution in [0.5, 0.6) is 11.5 Å². The first-order chi connectivity index (χ1) is 13.6. The molecule has 2 N–H and O–H groups in total. The van der Waals surface area contributed by atoms with Crippen molar-refractivity contribution in [2.45, 2.75) is 11.8 Å². The molecule has 5 nitrogen and oxygen atoms in total. The summed E-state index contributed by atoms with van der Waals surface area (Å²) in [5.74, 6) is 0.665. The molecule has 2 aromatic carbocycles. The summed E-state index contributed by atoms with van der Waals surface area (Å²) in [7, 11) is 0. The standard InChI is InChI=1S/C21H16ClNO4S/c1-2-26-13-6-7-15-18(11-13)28-21(20(25)17-4-3-9-27-17)19(23-15)14-10-12(22)5-8-16(14)24/h3-11,23-24H,2H2,1H3. The Kier molecular flexibility index (Phi) is 5.07. The molecule has 2 heterocycles. The maximum Gasteiger partial charge on any atom is 0.236 e. The second-order valence-electron chi connectivity index (χ2n) is 5.99. The van der Waals surface area contributed by atoms with Crippen molar-refractivity contribution in [2.24, 2.45) is 0 Å². The first-order valence-electron chi connectivity index (χ1n) is 8.60. The Hall–Kier alpha value is -2.83. The number of ketones is 1. The number of ether oxygens (including phenoxy) is 1. The van der Waals surface area contributed by atoms with Gasteiger partial charge in [0.1, 0.15) is 11.5 Å². The summed E-state index contributed by atoms with van der Waals surface area (Å²) in [6.45, 7) is 2.46. The van der Waals surface area contributed by atoms with Crippen LogP contribution in [0.25, 0.3) is 5.70 Å². The average molecular weight is 414 g/mol. The molecule has 28 heavy (non-hydrogen) atoms. The molecule has 1 aliphatic rings. The number of nitrogens with one attached hydrogen (secondary N) is 1. The summed E-state index contributed by atoms with van der Waals surface area (Å²) >= 11 is 7.42. The number of furan rings is 1. The number of halogens is 1. The molecule has 0 amide bonds. The summed E-state index contributed by atoms with van der Waals surface area (Å²) in [6, 6.07) is 13.6. The SMILES string of the molecule is CCOc1ccc2c(c1)SC(C(=O)c1ccco1)=C(c1cc(Cl)ccc1O)N2. The highest BCUT2D eigenvalue weighted by Crippen LogP contribution is 2.46. The molecule has 0 saturated heterocycles. The van der Waals surface area contributed by atoms with E-state index in [0.29, 0.717) is 27.8 Å². The lowest BCUT2D eigenvalue weighted by molar-refractivity contribution is 0.101. The van der Waals surface area contributed by atoms with Crippen LogP contribution in [0.4, 0.5) is 5.69 Å². The number of phenolic OH excluding ortho intramolecular Hbond substituents is 1. The molecule has 3 aromatic rings. The third-order valence-corrected chi connectivity index (χ3v) is 5.53. The van der Waals surface area contributed by atoms with Gasteiger partial charge in [-0.25, -0.2) is 0 Å². The van der Waals surface area contributed by atoms with E-state index >= 15 is 0 Å². The number of aromatic hydroxyl groups is 1. The van der Waals surface area contributed by atoms with Crippen LogP contribution in [0.3, 0.4) is 0 Å². The Morgan fingerprint density at radius 3 is 2.86 bits per heavy atom. The number of allylic oxidation sites excluding steroid dienone is 1. The van der Waals surface area contributed by atoms with Crippen LogP contribution in [-0.2, 0) is 0 Å². The van der Waals surface area contributed by atoms with E-state index in [9.17, 15) is 9.90 Å². The number of Topliss-reactive ketones (excluding diaryl/α,β-unsaturated/α-hetero) is 1. The van der Waals surface area contributed by atoms with E-state index in [4.69, 9.17) is 20.8 Å². The molecule has 0 fully saturated rings. The third kappa shape index (κ3) is 3.48. The molecular formula is C21H16ClNO4S. The van der Waals surface area contributed by atoms with E-state index < -0.39 is 0 Å². The van der Waals surface area contributed by atoms with Gasteiger partial charge in [0.25, 0.3) is 0 Å². The van der Waals surface area contributed by atoms with Gasteiger partial charge in [0.2, 0.25) is 5.78 Å². The maximum atomic E-state index is 13.1. The van der Waals surface area contributed by atoms with Crippen LogP contribution in [0.2, 0.25) is 5.02 Å². The molecule has 1 aromatic heterocycles. The number of phenols is 1. The van der Waals surface area contributed by atoms with Gasteiger partial charge >= 0.3 is 0 Å². The summed E-state index contributed by atoms with van der Waals surface area (Å²) in [5.41, 5.74) is 1.72. The highest BCUT2D eigenvalue weighted by molar-refractivity contribution is 8.04. The second kappa shape index (κ2) is 7.66. The number of rotatable bonds is 5. The second-order valence-corrected chi connectivity index (χ2v) is 7.48. The number of anilines is 1. The molecule has 0 spiro atoms. The van der Waals surface area contributed by atoms with Gasteiger partial charge in [-0.15, -0.1) is 0 Å². The van der Waals surface area contributed by atoms with Crippen molar-refractivity contribution in [1.29, 1.82) is 0 Å². The Morgan fingerprint density at radius 1 is 1.25 bits per heavy atom. The van der Waals surface area contributed by atoms with Gasteiger partial charge in [0, 0.05) is 15.5 Å². The van der Waals surface area contributed by atoms with Crippen LogP contribution in [-0.4, -0.2) is 17.5 Å². The lowest BCUT2D eigenvalue weighted by Crippen LogP contribution is -2.13. The largest absolute Gasteiger partial charge is 0.507 e. The minimum atomic E-state index is -0.288. The highest BCUT2D eigenvalue weighted by atomic mass is 35.5. The summed E-state index contributed by atoms with van der Waals surface area (Å²) in [4.78, 5) is 14.3. The average Bonchev–Trinajstić information content (AvgIpc) is 3.23. The number of hydrogen-bond acceptors (Lipinski definition) is 6. The van der Waals surface area contributed by atoms with E-state index in [1.165, 1.54) is 24.1 Å². The Bertz CT molecular complexity index is 1080. The van der Waals surface area contributed by atoms with Crippen molar-refractivity contribution < 1.29 is 19.1 Å². The fourth-order valence-corrected chi connectivity index (χ4v) is 4.13. The van der Waals surface area contributed by atoms with E-state index in [2.05, 4.69) is 5.32 Å².